The molecule has 2 N–H and O–H groups in total. The van der Waals surface area contributed by atoms with Crippen molar-refractivity contribution in [1.82, 2.24) is 39.2 Å². The third-order valence-corrected chi connectivity index (χ3v) is 12.2. The Morgan fingerprint density at radius 2 is 0.625 bits per heavy atom. The fraction of sp³-hybridized carbons (Fsp3) is 0.414. The Morgan fingerprint density at radius 3 is 0.825 bits per heavy atom. The maximum atomic E-state index is 15.0. The van der Waals surface area contributed by atoms with E-state index in [2.05, 4.69) is 0 Å². The number of carbonyl (C=O) groups excluding carboxylic acids is 8. The summed E-state index contributed by atoms with van der Waals surface area (Å²) >= 11 is 0. The summed E-state index contributed by atoms with van der Waals surface area (Å²) in [6, 6.07) is 35.2. The van der Waals surface area contributed by atoms with Gasteiger partial charge in [-0.2, -0.15) is 0 Å². The molecule has 0 radical (unpaired) electrons. The molecule has 0 saturated carbocycles. The maximum absolute atomic E-state index is 15.0. The molecular weight excluding hydrogens is 1030 g/mol. The topological polar surface area (TPSA) is 256 Å². The summed E-state index contributed by atoms with van der Waals surface area (Å²) in [4.78, 5) is 149. The number of ether oxygens (including phenoxy) is 2. The highest BCUT2D eigenvalue weighted by molar-refractivity contribution is 5.93. The van der Waals surface area contributed by atoms with E-state index in [0.29, 0.717) is 32.1 Å². The summed E-state index contributed by atoms with van der Waals surface area (Å²) in [5.74, 6) is -7.64. The quantitative estimate of drug-likeness (QED) is 0.158. The minimum atomic E-state index is -1.46. The predicted molar refractivity (Wildman–Crippen MR) is 291 cm³/mol. The van der Waals surface area contributed by atoms with Crippen LogP contribution in [0.3, 0.4) is 0 Å². The van der Waals surface area contributed by atoms with Crippen LogP contribution in [-0.4, -0.2) is 199 Å². The van der Waals surface area contributed by atoms with E-state index in [1.807, 2.05) is 0 Å². The van der Waals surface area contributed by atoms with Gasteiger partial charge in [-0.1, -0.05) is 121 Å². The molecule has 4 aromatic carbocycles. The summed E-state index contributed by atoms with van der Waals surface area (Å²) in [6.45, 7) is 1.55. The molecule has 22 heteroatoms. The van der Waals surface area contributed by atoms with Crippen LogP contribution < -0.4 is 0 Å². The molecule has 5 rings (SSSR count). The Bertz CT molecular complexity index is 2460. The molecule has 1 aliphatic heterocycles. The van der Waals surface area contributed by atoms with Gasteiger partial charge in [-0.25, -0.2) is 9.59 Å². The zero-order chi connectivity index (χ0) is 58.6. The van der Waals surface area contributed by atoms with Gasteiger partial charge in [0.25, 0.3) is 0 Å². The summed E-state index contributed by atoms with van der Waals surface area (Å²) < 4.78 is 10.9. The van der Waals surface area contributed by atoms with Crippen LogP contribution in [0.2, 0.25) is 0 Å². The van der Waals surface area contributed by atoms with Gasteiger partial charge in [0, 0.05) is 52.4 Å². The van der Waals surface area contributed by atoms with Crippen LogP contribution in [0.4, 0.5) is 9.59 Å². The van der Waals surface area contributed by atoms with Crippen LogP contribution in [0.1, 0.15) is 63.8 Å². The number of nitrogens with zero attached hydrogens (tertiary/aromatic N) is 8. The molecule has 4 aromatic rings. The largest absolute Gasteiger partial charge is 0.480 e. The van der Waals surface area contributed by atoms with Crippen molar-refractivity contribution >= 4 is 59.6 Å². The second-order valence-corrected chi connectivity index (χ2v) is 21.2. The van der Waals surface area contributed by atoms with Crippen LogP contribution in [0.15, 0.2) is 121 Å². The number of amides is 8. The molecule has 0 atom stereocenters. The Kier molecular flexibility index (Phi) is 22.7. The van der Waals surface area contributed by atoms with Gasteiger partial charge in [-0.05, 0) is 63.8 Å². The molecule has 1 aliphatic rings. The highest BCUT2D eigenvalue weighted by Gasteiger charge is 2.35. The molecule has 80 heavy (non-hydrogen) atoms. The minimum absolute atomic E-state index is 0.0629. The number of carboxylic acids is 2. The average molecular weight is 1110 g/mol. The van der Waals surface area contributed by atoms with E-state index in [1.54, 1.807) is 163 Å². The Balaban J connectivity index is 1.66. The smallest absolute Gasteiger partial charge is 0.411 e. The van der Waals surface area contributed by atoms with E-state index in [9.17, 15) is 58.2 Å². The van der Waals surface area contributed by atoms with E-state index < -0.39 is 123 Å². The van der Waals surface area contributed by atoms with Crippen molar-refractivity contribution in [1.29, 1.82) is 0 Å². The average Bonchev–Trinajstić information content (AvgIpc) is 3.39. The fourth-order valence-corrected chi connectivity index (χ4v) is 8.26. The molecule has 1 saturated heterocycles. The Labute approximate surface area is 466 Å². The first-order chi connectivity index (χ1) is 37.8. The Morgan fingerprint density at radius 1 is 0.400 bits per heavy atom. The van der Waals surface area contributed by atoms with Gasteiger partial charge in [0.15, 0.2) is 0 Å². The van der Waals surface area contributed by atoms with Crippen molar-refractivity contribution in [3.63, 3.8) is 0 Å². The molecule has 0 aromatic heterocycles. The third kappa shape index (κ3) is 21.2. The molecule has 0 aliphatic carbocycles. The van der Waals surface area contributed by atoms with Crippen molar-refractivity contribution in [2.24, 2.45) is 0 Å². The van der Waals surface area contributed by atoms with E-state index in [-0.39, 0.29) is 52.4 Å². The second-order valence-electron chi connectivity index (χ2n) is 21.2. The monoisotopic (exact) mass is 1100 g/mol. The van der Waals surface area contributed by atoms with Gasteiger partial charge in [0.05, 0.1) is 0 Å². The van der Waals surface area contributed by atoms with Crippen molar-refractivity contribution in [2.75, 3.05) is 78.5 Å². The standard InChI is InChI=1S/C58H72N8O14/c1-57(2,3)79-55(77)65(41-53(73)74)39-51(71)63-35-47(67)59(31-43-19-11-7-12-20-43)27-29-61(33-45-23-15-9-16-24-45)49(69)37-64(52(72)40-66(42-54(75)76)56(78)80-58(4,5)6)38-50(70)62(34-46-25-17-10-18-26-46)30-28-60(48(68)36-63)32-44-21-13-8-14-22-44/h7-26H,27-42H2,1-6H3,(H,73,74)(H,75,76). The number of hydrogen-bond acceptors (Lipinski definition) is 12. The van der Waals surface area contributed by atoms with Crippen molar-refractivity contribution in [3.8, 4) is 0 Å². The number of hydrogen-bond donors (Lipinski definition) is 2. The summed E-state index contributed by atoms with van der Waals surface area (Å²) in [5, 5.41) is 19.7. The lowest BCUT2D eigenvalue weighted by molar-refractivity contribution is -0.149. The zero-order valence-electron chi connectivity index (χ0n) is 46.2. The summed E-state index contributed by atoms with van der Waals surface area (Å²) in [6.07, 6.45) is -2.26. The van der Waals surface area contributed by atoms with Gasteiger partial charge in [0.1, 0.15) is 63.6 Å². The number of benzene rings is 4. The van der Waals surface area contributed by atoms with E-state index in [4.69, 9.17) is 9.47 Å². The van der Waals surface area contributed by atoms with E-state index >= 15 is 0 Å². The third-order valence-electron chi connectivity index (χ3n) is 12.2. The fourth-order valence-electron chi connectivity index (χ4n) is 8.26. The second kappa shape index (κ2) is 29.2. The van der Waals surface area contributed by atoms with Crippen LogP contribution >= 0.6 is 0 Å². The van der Waals surface area contributed by atoms with Gasteiger partial charge in [-0.3, -0.25) is 48.2 Å². The van der Waals surface area contributed by atoms with Crippen LogP contribution in [-0.2, 0) is 74.0 Å². The van der Waals surface area contributed by atoms with Gasteiger partial charge in [-0.15, -0.1) is 0 Å². The molecule has 0 unspecified atom stereocenters. The van der Waals surface area contributed by atoms with Crippen molar-refractivity contribution < 1.29 is 67.6 Å². The SMILES string of the molecule is CC(C)(C)OC(=O)N(CC(=O)O)CC(=O)N1CC(=O)N(Cc2ccccc2)CCN(Cc2ccccc2)C(=O)CN(C(=O)CN(CC(=O)O)C(=O)OC(C)(C)C)CC(=O)N(Cc2ccccc2)CCN(Cc2ccccc2)C(=O)C1. The predicted octanol–water partition coefficient (Wildman–Crippen LogP) is 4.42. The van der Waals surface area contributed by atoms with E-state index in [0.717, 1.165) is 9.80 Å². The van der Waals surface area contributed by atoms with E-state index in [1.165, 1.54) is 19.6 Å². The molecule has 428 valence electrons. The van der Waals surface area contributed by atoms with Crippen molar-refractivity contribution in [2.45, 2.75) is 78.9 Å². The first kappa shape index (κ1) is 62.0. The van der Waals surface area contributed by atoms with Crippen LogP contribution in [0.25, 0.3) is 0 Å². The summed E-state index contributed by atoms with van der Waals surface area (Å²) in [7, 11) is 0. The number of carbonyl (C=O) groups is 10. The summed E-state index contributed by atoms with van der Waals surface area (Å²) in [5.41, 5.74) is 0.407. The molecule has 1 fully saturated rings. The Hall–Kier alpha value is -8.82. The molecule has 0 bridgehead atoms. The molecule has 1 heterocycles. The van der Waals surface area contributed by atoms with Crippen LogP contribution in [0.5, 0.6) is 0 Å². The normalized spacial score (nSPS) is 14.7. The highest BCUT2D eigenvalue weighted by Crippen LogP contribution is 2.17. The lowest BCUT2D eigenvalue weighted by atomic mass is 10.2. The number of carboxylic acid groups (broad SMARTS) is 2. The maximum Gasteiger partial charge on any atom is 0.411 e. The molecule has 8 amide bonds. The zero-order valence-corrected chi connectivity index (χ0v) is 46.2. The lowest BCUT2D eigenvalue weighted by Crippen LogP contribution is -2.54. The lowest BCUT2D eigenvalue weighted by Gasteiger charge is -2.35. The van der Waals surface area contributed by atoms with Crippen LogP contribution in [0, 0.1) is 0 Å². The van der Waals surface area contributed by atoms with Gasteiger partial charge in [0.2, 0.25) is 35.4 Å². The molecule has 0 spiro atoms. The van der Waals surface area contributed by atoms with Gasteiger partial charge >= 0.3 is 24.1 Å². The first-order valence-electron chi connectivity index (χ1n) is 26.0. The van der Waals surface area contributed by atoms with Crippen molar-refractivity contribution in [3.05, 3.63) is 144 Å². The minimum Gasteiger partial charge on any atom is -0.480 e. The van der Waals surface area contributed by atoms with Gasteiger partial charge < -0.3 is 49.1 Å². The molecular formula is C58H72N8O14. The number of aliphatic carboxylic acids is 2. The highest BCUT2D eigenvalue weighted by atomic mass is 16.6. The molecule has 22 nitrogen and oxygen atoms in total. The first-order valence-corrected chi connectivity index (χ1v) is 26.0. The number of rotatable bonds is 16.